The van der Waals surface area contributed by atoms with Crippen LogP contribution in [-0.4, -0.2) is 61.7 Å². The van der Waals surface area contributed by atoms with Crippen LogP contribution >= 0.6 is 23.5 Å². The lowest BCUT2D eigenvalue weighted by atomic mass is 10.1. The van der Waals surface area contributed by atoms with Crippen molar-refractivity contribution in [1.29, 1.82) is 0 Å². The van der Waals surface area contributed by atoms with E-state index in [4.69, 9.17) is 19.8 Å². The summed E-state index contributed by atoms with van der Waals surface area (Å²) in [5.41, 5.74) is 3.87. The van der Waals surface area contributed by atoms with Gasteiger partial charge in [-0.15, -0.1) is 11.8 Å². The van der Waals surface area contributed by atoms with Crippen molar-refractivity contribution in [2.75, 3.05) is 25.9 Å². The number of benzene rings is 1. The molecule has 150 valence electrons. The van der Waals surface area contributed by atoms with Gasteiger partial charge in [-0.3, -0.25) is 0 Å². The van der Waals surface area contributed by atoms with Crippen LogP contribution in [0.1, 0.15) is 24.1 Å². The maximum Gasteiger partial charge on any atom is 0.414 e. The first kappa shape index (κ1) is 22.1. The molecule has 1 aliphatic rings. The van der Waals surface area contributed by atoms with Crippen molar-refractivity contribution in [2.45, 2.75) is 24.3 Å². The van der Waals surface area contributed by atoms with Crippen molar-refractivity contribution in [1.82, 2.24) is 13.6 Å². The summed E-state index contributed by atoms with van der Waals surface area (Å²) < 4.78 is 9.02. The number of carbonyl (C=O) groups is 2. The molecule has 28 heavy (non-hydrogen) atoms. The summed E-state index contributed by atoms with van der Waals surface area (Å²) in [5.74, 6) is -2.55. The lowest BCUT2D eigenvalue weighted by molar-refractivity contribution is -0.159. The van der Waals surface area contributed by atoms with Gasteiger partial charge in [-0.25, -0.2) is 9.59 Å². The summed E-state index contributed by atoms with van der Waals surface area (Å²) in [4.78, 5) is 20.5. The lowest BCUT2D eigenvalue weighted by Gasteiger charge is -2.22. The van der Waals surface area contributed by atoms with Gasteiger partial charge in [0.05, 0.1) is 11.7 Å². The molecule has 7 nitrogen and oxygen atoms in total. The third kappa shape index (κ3) is 7.41. The first-order valence-corrected chi connectivity index (χ1v) is 10.5. The lowest BCUT2D eigenvalue weighted by Crippen LogP contribution is -2.25. The smallest absolute Gasteiger partial charge is 0.414 e. The van der Waals surface area contributed by atoms with Crippen LogP contribution in [0.25, 0.3) is 5.57 Å². The molecule has 2 aromatic rings. The van der Waals surface area contributed by atoms with Gasteiger partial charge in [0.2, 0.25) is 0 Å². The number of rotatable bonds is 6. The van der Waals surface area contributed by atoms with Gasteiger partial charge in [0.1, 0.15) is 10.7 Å². The van der Waals surface area contributed by atoms with E-state index in [0.29, 0.717) is 0 Å². The molecular formula is C19H23N3O4S2. The number of hydrogen-bond donors (Lipinski definition) is 2. The van der Waals surface area contributed by atoms with Crippen molar-refractivity contribution in [3.05, 3.63) is 47.7 Å². The Morgan fingerprint density at radius 1 is 1.18 bits per heavy atom. The molecule has 0 saturated heterocycles. The number of aryl methyl sites for hydroxylation is 1. The molecule has 1 aromatic heterocycles. The van der Waals surface area contributed by atoms with Crippen molar-refractivity contribution >= 4 is 41.0 Å². The molecule has 1 aliphatic heterocycles. The monoisotopic (exact) mass is 421 g/mol. The second-order valence-electron chi connectivity index (χ2n) is 6.22. The number of aromatic nitrogens is 2. The first-order valence-electron chi connectivity index (χ1n) is 8.81. The second kappa shape index (κ2) is 11.6. The zero-order valence-corrected chi connectivity index (χ0v) is 17.2. The van der Waals surface area contributed by atoms with Gasteiger partial charge in [-0.2, -0.15) is 8.75 Å². The van der Waals surface area contributed by atoms with Crippen molar-refractivity contribution < 1.29 is 19.8 Å². The predicted molar refractivity (Wildman–Crippen MR) is 111 cm³/mol. The molecule has 0 atom stereocenters. The van der Waals surface area contributed by atoms with Crippen LogP contribution < -0.4 is 0 Å². The number of nitrogens with zero attached hydrogens (tertiary/aromatic N) is 3. The molecule has 2 heterocycles. The Morgan fingerprint density at radius 2 is 1.89 bits per heavy atom. The topological polar surface area (TPSA) is 104 Å². The highest BCUT2D eigenvalue weighted by molar-refractivity contribution is 7.99. The Labute approximate surface area is 172 Å². The van der Waals surface area contributed by atoms with E-state index in [1.165, 1.54) is 29.3 Å². The molecule has 1 aromatic carbocycles. The fourth-order valence-corrected chi connectivity index (χ4v) is 4.28. The Bertz CT molecular complexity index is 797. The highest BCUT2D eigenvalue weighted by Crippen LogP contribution is 2.29. The van der Waals surface area contributed by atoms with Crippen LogP contribution in [0.4, 0.5) is 0 Å². The van der Waals surface area contributed by atoms with E-state index in [0.717, 1.165) is 42.4 Å². The average Bonchev–Trinajstić information content (AvgIpc) is 3.15. The maximum atomic E-state index is 9.10. The minimum absolute atomic E-state index is 0.989. The molecule has 0 amide bonds. The van der Waals surface area contributed by atoms with Gasteiger partial charge in [0, 0.05) is 13.1 Å². The van der Waals surface area contributed by atoms with Gasteiger partial charge >= 0.3 is 11.9 Å². The number of likely N-dealkylation sites (N-methyl/N-ethyl adjacent to an activating group) is 1. The van der Waals surface area contributed by atoms with Gasteiger partial charge in [-0.05, 0) is 43.2 Å². The third-order valence-electron chi connectivity index (χ3n) is 3.98. The standard InChI is InChI=1S/C17H21N3S2.C2H2O4/c1-20-11-5-10-15(13-20)16-17(19-22-18-16)21-12-6-9-14-7-3-2-4-8-14;3-1(4)2(5)6/h2-4,7-8,10H,5-6,9,11-13H2,1H3;(H,3,4)(H,5,6). The van der Waals surface area contributed by atoms with Crippen LogP contribution in [-0.2, 0) is 16.0 Å². The number of aliphatic carboxylic acids is 2. The summed E-state index contributed by atoms with van der Waals surface area (Å²) in [5, 5.41) is 15.9. The summed E-state index contributed by atoms with van der Waals surface area (Å²) in [7, 11) is 2.17. The molecule has 0 spiro atoms. The molecule has 9 heteroatoms. The molecular weight excluding hydrogens is 398 g/mol. The third-order valence-corrected chi connectivity index (χ3v) is 5.67. The van der Waals surface area contributed by atoms with E-state index < -0.39 is 11.9 Å². The maximum absolute atomic E-state index is 9.10. The quantitative estimate of drug-likeness (QED) is 0.416. The average molecular weight is 422 g/mol. The van der Waals surface area contributed by atoms with Crippen LogP contribution in [0.5, 0.6) is 0 Å². The summed E-state index contributed by atoms with van der Waals surface area (Å²) in [6.07, 6.45) is 5.74. The Balaban J connectivity index is 0.000000409. The number of hydrogen-bond acceptors (Lipinski definition) is 7. The van der Waals surface area contributed by atoms with Gasteiger partial charge < -0.3 is 15.1 Å². The Kier molecular flexibility index (Phi) is 9.12. The zero-order chi connectivity index (χ0) is 20.4. The number of carboxylic acids is 2. The highest BCUT2D eigenvalue weighted by atomic mass is 32.2. The Morgan fingerprint density at radius 3 is 2.54 bits per heavy atom. The van der Waals surface area contributed by atoms with Crippen LogP contribution in [0.15, 0.2) is 41.4 Å². The first-order chi connectivity index (χ1) is 13.5. The number of carboxylic acid groups (broad SMARTS) is 2. The normalized spacial score (nSPS) is 14.0. The molecule has 0 radical (unpaired) electrons. The molecule has 0 saturated carbocycles. The van der Waals surface area contributed by atoms with E-state index in [9.17, 15) is 0 Å². The van der Waals surface area contributed by atoms with Crippen LogP contribution in [0.2, 0.25) is 0 Å². The van der Waals surface area contributed by atoms with Crippen molar-refractivity contribution in [3.63, 3.8) is 0 Å². The van der Waals surface area contributed by atoms with Crippen molar-refractivity contribution in [2.24, 2.45) is 0 Å². The minimum Gasteiger partial charge on any atom is -0.473 e. The molecule has 3 rings (SSSR count). The fraction of sp³-hybridized carbons (Fsp3) is 0.368. The van der Waals surface area contributed by atoms with Gasteiger partial charge in [0.15, 0.2) is 0 Å². The SMILES string of the molecule is CN1CCC=C(c2nsnc2SCCCc2ccccc2)C1.O=C(O)C(=O)O. The molecule has 0 bridgehead atoms. The van der Waals surface area contributed by atoms with E-state index in [1.54, 1.807) is 0 Å². The van der Waals surface area contributed by atoms with Crippen LogP contribution in [0.3, 0.4) is 0 Å². The van der Waals surface area contributed by atoms with E-state index in [2.05, 4.69) is 57.1 Å². The van der Waals surface area contributed by atoms with Crippen molar-refractivity contribution in [3.8, 4) is 0 Å². The van der Waals surface area contributed by atoms with Gasteiger partial charge in [-0.1, -0.05) is 36.4 Å². The molecule has 2 N–H and O–H groups in total. The van der Waals surface area contributed by atoms with E-state index in [1.807, 2.05) is 11.8 Å². The summed E-state index contributed by atoms with van der Waals surface area (Å²) in [6, 6.07) is 10.7. The minimum atomic E-state index is -1.82. The van der Waals surface area contributed by atoms with Gasteiger partial charge in [0.25, 0.3) is 0 Å². The highest BCUT2D eigenvalue weighted by Gasteiger charge is 2.17. The zero-order valence-electron chi connectivity index (χ0n) is 15.6. The van der Waals surface area contributed by atoms with Crippen LogP contribution in [0, 0.1) is 0 Å². The molecule has 0 aliphatic carbocycles. The Hall–Kier alpha value is -2.23. The fourth-order valence-electron chi connectivity index (χ4n) is 2.63. The predicted octanol–water partition coefficient (Wildman–Crippen LogP) is 3.14. The molecule has 0 unspecified atom stereocenters. The second-order valence-corrected chi connectivity index (χ2v) is 7.83. The van der Waals surface area contributed by atoms with E-state index in [-0.39, 0.29) is 0 Å². The molecule has 0 fully saturated rings. The van der Waals surface area contributed by atoms with E-state index >= 15 is 0 Å². The summed E-state index contributed by atoms with van der Waals surface area (Å²) >= 11 is 3.18. The summed E-state index contributed by atoms with van der Waals surface area (Å²) in [6.45, 7) is 2.13. The number of thioether (sulfide) groups is 1. The largest absolute Gasteiger partial charge is 0.473 e.